The van der Waals surface area contributed by atoms with E-state index < -0.39 is 0 Å². The molecule has 1 aromatic heterocycles. The Morgan fingerprint density at radius 3 is 2.78 bits per heavy atom. The molecule has 0 radical (unpaired) electrons. The largest absolute Gasteiger partial charge is 0.383 e. The molecule has 0 spiro atoms. The summed E-state index contributed by atoms with van der Waals surface area (Å²) in [5.74, 6) is 1.66. The van der Waals surface area contributed by atoms with E-state index >= 15 is 0 Å². The van der Waals surface area contributed by atoms with E-state index in [0.717, 1.165) is 49.8 Å². The van der Waals surface area contributed by atoms with Crippen LogP contribution in [-0.4, -0.2) is 30.2 Å². The molecule has 4 nitrogen and oxygen atoms in total. The second-order valence-electron chi connectivity index (χ2n) is 5.02. The Bertz CT molecular complexity index is 353. The molecule has 1 N–H and O–H groups in total. The van der Waals surface area contributed by atoms with Crippen LogP contribution in [0.25, 0.3) is 0 Å². The monoisotopic (exact) mass is 251 g/mol. The molecule has 1 rings (SSSR count). The first-order valence-electron chi connectivity index (χ1n) is 6.65. The van der Waals surface area contributed by atoms with Gasteiger partial charge in [0.05, 0.1) is 12.3 Å². The van der Waals surface area contributed by atoms with Crippen LogP contribution in [0.15, 0.2) is 6.07 Å². The van der Waals surface area contributed by atoms with Crippen molar-refractivity contribution in [2.45, 2.75) is 40.2 Å². The number of aromatic nitrogens is 2. The molecule has 1 heterocycles. The van der Waals surface area contributed by atoms with Crippen LogP contribution in [0.3, 0.4) is 0 Å². The zero-order valence-corrected chi connectivity index (χ0v) is 12.0. The molecular weight excluding hydrogens is 226 g/mol. The fraction of sp³-hybridized carbons (Fsp3) is 0.714. The predicted octanol–water partition coefficient (Wildman–Crippen LogP) is 2.11. The van der Waals surface area contributed by atoms with Crippen molar-refractivity contribution in [3.8, 4) is 0 Å². The maximum atomic E-state index is 5.00. The van der Waals surface area contributed by atoms with Crippen LogP contribution in [0.1, 0.15) is 37.5 Å². The van der Waals surface area contributed by atoms with Gasteiger partial charge in [-0.3, -0.25) is 0 Å². The zero-order valence-electron chi connectivity index (χ0n) is 12.0. The van der Waals surface area contributed by atoms with Crippen LogP contribution in [0, 0.1) is 12.8 Å². The summed E-state index contributed by atoms with van der Waals surface area (Å²) in [7, 11) is 1.71. The lowest BCUT2D eigenvalue weighted by molar-refractivity contribution is 0.199. The number of ether oxygens (including phenoxy) is 1. The van der Waals surface area contributed by atoms with E-state index in [0.29, 0.717) is 5.92 Å². The highest BCUT2D eigenvalue weighted by Crippen LogP contribution is 2.07. The van der Waals surface area contributed by atoms with Crippen LogP contribution in [0.2, 0.25) is 0 Å². The molecule has 0 fully saturated rings. The first-order valence-corrected chi connectivity index (χ1v) is 6.65. The molecule has 0 aliphatic carbocycles. The van der Waals surface area contributed by atoms with Crippen molar-refractivity contribution in [1.82, 2.24) is 15.3 Å². The quantitative estimate of drug-likeness (QED) is 0.719. The average molecular weight is 251 g/mol. The van der Waals surface area contributed by atoms with Gasteiger partial charge in [-0.2, -0.15) is 0 Å². The number of nitrogens with zero attached hydrogens (tertiary/aromatic N) is 2. The number of methoxy groups -OCH3 is 1. The summed E-state index contributed by atoms with van der Waals surface area (Å²) in [4.78, 5) is 9.08. The number of hydrogen-bond donors (Lipinski definition) is 1. The lowest BCUT2D eigenvalue weighted by Crippen LogP contribution is -2.20. The fourth-order valence-electron chi connectivity index (χ4n) is 1.71. The molecule has 0 saturated heterocycles. The van der Waals surface area contributed by atoms with Gasteiger partial charge in [-0.15, -0.1) is 0 Å². The van der Waals surface area contributed by atoms with E-state index in [2.05, 4.69) is 29.1 Å². The third kappa shape index (κ3) is 6.07. The van der Waals surface area contributed by atoms with Gasteiger partial charge in [0.2, 0.25) is 0 Å². The van der Waals surface area contributed by atoms with E-state index in [-0.39, 0.29) is 0 Å². The highest BCUT2D eigenvalue weighted by atomic mass is 16.5. The Hall–Kier alpha value is -1.00. The second-order valence-corrected chi connectivity index (χ2v) is 5.02. The van der Waals surface area contributed by atoms with Crippen molar-refractivity contribution in [1.29, 1.82) is 0 Å². The van der Waals surface area contributed by atoms with E-state index in [1.54, 1.807) is 7.11 Å². The number of hydrogen-bond acceptors (Lipinski definition) is 4. The SMILES string of the molecule is COCCNCc1cc(C)nc(CCC(C)C)n1. The minimum atomic E-state index is 0.692. The first-order chi connectivity index (χ1) is 8.61. The minimum Gasteiger partial charge on any atom is -0.383 e. The molecule has 0 atom stereocenters. The molecule has 0 aromatic carbocycles. The summed E-state index contributed by atoms with van der Waals surface area (Å²) in [6.07, 6.45) is 2.10. The third-order valence-electron chi connectivity index (χ3n) is 2.69. The van der Waals surface area contributed by atoms with E-state index in [4.69, 9.17) is 4.74 Å². The van der Waals surface area contributed by atoms with E-state index in [1.807, 2.05) is 13.0 Å². The molecule has 0 bridgehead atoms. The molecule has 0 unspecified atom stereocenters. The van der Waals surface area contributed by atoms with Gasteiger partial charge in [-0.05, 0) is 25.3 Å². The molecule has 102 valence electrons. The van der Waals surface area contributed by atoms with Crippen molar-refractivity contribution < 1.29 is 4.74 Å². The molecule has 0 aliphatic heterocycles. The summed E-state index contributed by atoms with van der Waals surface area (Å²) >= 11 is 0. The molecular formula is C14H25N3O. The van der Waals surface area contributed by atoms with Crippen molar-refractivity contribution in [2.24, 2.45) is 5.92 Å². The topological polar surface area (TPSA) is 47.0 Å². The summed E-state index contributed by atoms with van der Waals surface area (Å²) < 4.78 is 5.00. The van der Waals surface area contributed by atoms with Crippen LogP contribution in [0.4, 0.5) is 0 Å². The minimum absolute atomic E-state index is 0.692. The highest BCUT2D eigenvalue weighted by molar-refractivity contribution is 5.10. The summed E-state index contributed by atoms with van der Waals surface area (Å²) in [6.45, 7) is 8.83. The van der Waals surface area contributed by atoms with Crippen LogP contribution in [-0.2, 0) is 17.7 Å². The molecule has 0 aliphatic rings. The van der Waals surface area contributed by atoms with Crippen LogP contribution < -0.4 is 5.32 Å². The number of nitrogens with one attached hydrogen (secondary N) is 1. The maximum absolute atomic E-state index is 5.00. The number of rotatable bonds is 8. The number of aryl methyl sites for hydroxylation is 2. The maximum Gasteiger partial charge on any atom is 0.128 e. The lowest BCUT2D eigenvalue weighted by atomic mass is 10.1. The third-order valence-corrected chi connectivity index (χ3v) is 2.69. The van der Waals surface area contributed by atoms with E-state index in [1.165, 1.54) is 0 Å². The van der Waals surface area contributed by atoms with Gasteiger partial charge < -0.3 is 10.1 Å². The lowest BCUT2D eigenvalue weighted by Gasteiger charge is -2.08. The highest BCUT2D eigenvalue weighted by Gasteiger charge is 2.03. The molecule has 0 saturated carbocycles. The average Bonchev–Trinajstić information content (AvgIpc) is 2.32. The van der Waals surface area contributed by atoms with Gasteiger partial charge in [0.1, 0.15) is 5.82 Å². The van der Waals surface area contributed by atoms with Crippen molar-refractivity contribution in [3.05, 3.63) is 23.3 Å². The Morgan fingerprint density at radius 1 is 1.33 bits per heavy atom. The molecule has 18 heavy (non-hydrogen) atoms. The second kappa shape index (κ2) is 8.16. The van der Waals surface area contributed by atoms with Gasteiger partial charge in [-0.25, -0.2) is 9.97 Å². The first kappa shape index (κ1) is 15.1. The fourth-order valence-corrected chi connectivity index (χ4v) is 1.71. The summed E-state index contributed by atoms with van der Waals surface area (Å²) in [5.41, 5.74) is 2.12. The van der Waals surface area contributed by atoms with Crippen LogP contribution in [0.5, 0.6) is 0 Å². The predicted molar refractivity (Wildman–Crippen MR) is 73.5 cm³/mol. The summed E-state index contributed by atoms with van der Waals surface area (Å²) in [5, 5.41) is 3.31. The standard InChI is InChI=1S/C14H25N3O/c1-11(2)5-6-14-16-12(3)9-13(17-14)10-15-7-8-18-4/h9,11,15H,5-8,10H2,1-4H3. The Labute approximate surface area is 110 Å². The summed E-state index contributed by atoms with van der Waals surface area (Å²) in [6, 6.07) is 2.04. The molecule has 1 aromatic rings. The van der Waals surface area contributed by atoms with Gasteiger partial charge in [0, 0.05) is 32.3 Å². The van der Waals surface area contributed by atoms with Gasteiger partial charge in [0.25, 0.3) is 0 Å². The van der Waals surface area contributed by atoms with Crippen molar-refractivity contribution >= 4 is 0 Å². The van der Waals surface area contributed by atoms with Crippen molar-refractivity contribution in [3.63, 3.8) is 0 Å². The molecule has 4 heteroatoms. The van der Waals surface area contributed by atoms with Crippen molar-refractivity contribution in [2.75, 3.05) is 20.3 Å². The Kier molecular flexibility index (Phi) is 6.83. The van der Waals surface area contributed by atoms with Crippen LogP contribution >= 0.6 is 0 Å². The Balaban J connectivity index is 2.51. The normalized spacial score (nSPS) is 11.2. The molecule has 0 amide bonds. The zero-order chi connectivity index (χ0) is 13.4. The van der Waals surface area contributed by atoms with Gasteiger partial charge in [0.15, 0.2) is 0 Å². The van der Waals surface area contributed by atoms with Gasteiger partial charge >= 0.3 is 0 Å². The smallest absolute Gasteiger partial charge is 0.128 e. The van der Waals surface area contributed by atoms with Gasteiger partial charge in [-0.1, -0.05) is 13.8 Å². The Morgan fingerprint density at radius 2 is 2.11 bits per heavy atom. The van der Waals surface area contributed by atoms with E-state index in [9.17, 15) is 0 Å².